The number of benzene rings is 4. The number of imide groups is 1. The fourth-order valence-corrected chi connectivity index (χ4v) is 8.35. The maximum absolute atomic E-state index is 13.8. The number of aromatic amines is 1. The van der Waals surface area contributed by atoms with Crippen molar-refractivity contribution in [2.45, 2.75) is 22.4 Å². The van der Waals surface area contributed by atoms with E-state index < -0.39 is 40.6 Å². The molecule has 0 spiro atoms. The molecule has 1 saturated heterocycles. The van der Waals surface area contributed by atoms with E-state index in [2.05, 4.69) is 10.3 Å². The molecular weight excluding hydrogens is 640 g/mol. The Morgan fingerprint density at radius 2 is 1.65 bits per heavy atom. The number of ether oxygens (including phenoxy) is 1. The summed E-state index contributed by atoms with van der Waals surface area (Å²) in [4.78, 5) is 56.1. The molecule has 4 aromatic carbocycles. The van der Waals surface area contributed by atoms with Crippen molar-refractivity contribution in [3.05, 3.63) is 117 Å². The third-order valence-corrected chi connectivity index (χ3v) is 10.3. The highest BCUT2D eigenvalue weighted by Crippen LogP contribution is 2.53. The van der Waals surface area contributed by atoms with Gasteiger partial charge in [0.2, 0.25) is 11.8 Å². The van der Waals surface area contributed by atoms with Gasteiger partial charge >= 0.3 is 11.0 Å². The molecule has 3 unspecified atom stereocenters. The number of thioether (sulfide) groups is 1. The molecule has 2 aliphatic rings. The van der Waals surface area contributed by atoms with Crippen molar-refractivity contribution < 1.29 is 32.3 Å². The first-order valence-electron chi connectivity index (χ1n) is 14.0. The van der Waals surface area contributed by atoms with Crippen molar-refractivity contribution in [3.63, 3.8) is 0 Å². The van der Waals surface area contributed by atoms with Crippen molar-refractivity contribution in [3.8, 4) is 5.75 Å². The molecular formula is C33H22F3N3O5S2. The zero-order valence-corrected chi connectivity index (χ0v) is 25.2. The number of carbonyl (C=O) groups excluding carboxylic acids is 3. The molecule has 0 bridgehead atoms. The first-order chi connectivity index (χ1) is 22.1. The number of nitrogens with zero attached hydrogens (tertiary/aromatic N) is 1. The zero-order valence-electron chi connectivity index (χ0n) is 23.5. The first-order valence-corrected chi connectivity index (χ1v) is 15.7. The smallest absolute Gasteiger partial charge is 0.416 e. The lowest BCUT2D eigenvalue weighted by molar-refractivity contribution is -0.137. The largest absolute Gasteiger partial charge is 0.484 e. The van der Waals surface area contributed by atoms with Gasteiger partial charge in [-0.1, -0.05) is 71.6 Å². The van der Waals surface area contributed by atoms with Crippen LogP contribution in [0.5, 0.6) is 5.75 Å². The molecule has 7 rings (SSSR count). The number of alkyl halides is 3. The highest BCUT2D eigenvalue weighted by atomic mass is 32.2. The Labute approximate surface area is 267 Å². The molecule has 5 aromatic rings. The molecule has 2 aliphatic heterocycles. The second-order valence-corrected chi connectivity index (χ2v) is 12.9. The second-order valence-electron chi connectivity index (χ2n) is 10.8. The van der Waals surface area contributed by atoms with E-state index in [1.54, 1.807) is 30.3 Å². The summed E-state index contributed by atoms with van der Waals surface area (Å²) in [6.45, 7) is -0.264. The van der Waals surface area contributed by atoms with E-state index in [4.69, 9.17) is 4.74 Å². The van der Waals surface area contributed by atoms with Crippen molar-refractivity contribution in [1.29, 1.82) is 0 Å². The molecule has 0 aliphatic carbocycles. The summed E-state index contributed by atoms with van der Waals surface area (Å²) < 4.78 is 46.0. The van der Waals surface area contributed by atoms with Gasteiger partial charge in [0.15, 0.2) is 6.61 Å². The lowest BCUT2D eigenvalue weighted by Crippen LogP contribution is -2.32. The third-order valence-electron chi connectivity index (χ3n) is 7.90. The van der Waals surface area contributed by atoms with Gasteiger partial charge < -0.3 is 15.0 Å². The van der Waals surface area contributed by atoms with Gasteiger partial charge in [-0.25, -0.2) is 4.90 Å². The highest BCUT2D eigenvalue weighted by molar-refractivity contribution is 8.00. The van der Waals surface area contributed by atoms with Crippen LogP contribution in [0, 0.1) is 5.92 Å². The Kier molecular flexibility index (Phi) is 7.44. The normalized spacial score (nSPS) is 19.2. The molecule has 46 heavy (non-hydrogen) atoms. The number of hydrogen-bond donors (Lipinski definition) is 2. The SMILES string of the molecule is O=C(COc1ccc(C2c3sc(=O)[nH]c3SC3C(=O)N(c4cccc(C(F)(F)F)c4)C(=O)C32)cc1)Nc1ccc2ccccc2c1. The number of carbonyl (C=O) groups is 3. The monoisotopic (exact) mass is 661 g/mol. The molecule has 8 nitrogen and oxygen atoms in total. The molecule has 2 N–H and O–H groups in total. The topological polar surface area (TPSA) is 109 Å². The van der Waals surface area contributed by atoms with Crippen LogP contribution in [0.25, 0.3) is 10.8 Å². The van der Waals surface area contributed by atoms with Crippen LogP contribution in [0.2, 0.25) is 0 Å². The van der Waals surface area contributed by atoms with Gasteiger partial charge in [0.1, 0.15) is 11.0 Å². The minimum absolute atomic E-state index is 0.166. The van der Waals surface area contributed by atoms with Crippen molar-refractivity contribution in [2.75, 3.05) is 16.8 Å². The summed E-state index contributed by atoms with van der Waals surface area (Å²) in [6.07, 6.45) is -4.66. The van der Waals surface area contributed by atoms with Gasteiger partial charge in [0.25, 0.3) is 5.91 Å². The summed E-state index contributed by atoms with van der Waals surface area (Å²) >= 11 is 1.95. The van der Waals surface area contributed by atoms with E-state index >= 15 is 0 Å². The summed E-state index contributed by atoms with van der Waals surface area (Å²) in [6, 6.07) is 24.1. The average Bonchev–Trinajstić information content (AvgIpc) is 3.53. The van der Waals surface area contributed by atoms with E-state index in [0.717, 1.165) is 57.0 Å². The molecule has 232 valence electrons. The van der Waals surface area contributed by atoms with E-state index in [1.165, 1.54) is 6.07 Å². The maximum atomic E-state index is 13.8. The number of amides is 3. The summed E-state index contributed by atoms with van der Waals surface area (Å²) in [7, 11) is 0. The van der Waals surface area contributed by atoms with Crippen LogP contribution in [0.15, 0.2) is 101 Å². The van der Waals surface area contributed by atoms with Gasteiger partial charge in [-0.2, -0.15) is 13.2 Å². The average molecular weight is 662 g/mol. The van der Waals surface area contributed by atoms with Gasteiger partial charge in [0, 0.05) is 16.5 Å². The summed E-state index contributed by atoms with van der Waals surface area (Å²) in [5.41, 5.74) is 0.0891. The Morgan fingerprint density at radius 1 is 0.891 bits per heavy atom. The number of halogens is 3. The van der Waals surface area contributed by atoms with Crippen LogP contribution in [0.3, 0.4) is 0 Å². The zero-order chi connectivity index (χ0) is 32.2. The standard InChI is InChI=1S/C33H22F3N3O5S2/c34-33(35,36)20-6-3-7-22(15-20)39-30(41)26-25(27-29(38-32(43)46-27)45-28(26)31(39)42)18-9-12-23(13-10-18)44-16-24(40)37-21-11-8-17-4-1-2-5-19(17)14-21/h1-15,25-26,28H,16H2,(H,37,40)(H,38,43). The number of aromatic nitrogens is 1. The van der Waals surface area contributed by atoms with Crippen molar-refractivity contribution in [2.24, 2.45) is 5.92 Å². The minimum atomic E-state index is -4.66. The predicted octanol–water partition coefficient (Wildman–Crippen LogP) is 6.42. The molecule has 13 heteroatoms. The quantitative estimate of drug-likeness (QED) is 0.203. The molecule has 3 atom stereocenters. The number of hydrogen-bond acceptors (Lipinski definition) is 7. The molecule has 3 heterocycles. The summed E-state index contributed by atoms with van der Waals surface area (Å²) in [5.74, 6) is -2.98. The van der Waals surface area contributed by atoms with Crippen LogP contribution < -0.4 is 19.8 Å². The Morgan fingerprint density at radius 3 is 2.41 bits per heavy atom. The molecule has 0 radical (unpaired) electrons. The van der Waals surface area contributed by atoms with Gasteiger partial charge in [0.05, 0.1) is 22.2 Å². The molecule has 1 fully saturated rings. The lowest BCUT2D eigenvalue weighted by Gasteiger charge is -2.29. The maximum Gasteiger partial charge on any atom is 0.416 e. The number of fused-ring (bicyclic) bond motifs is 3. The third kappa shape index (κ3) is 5.45. The Hall–Kier alpha value is -4.88. The number of H-pyrrole nitrogens is 1. The van der Waals surface area contributed by atoms with Gasteiger partial charge in [-0.15, -0.1) is 0 Å². The highest BCUT2D eigenvalue weighted by Gasteiger charge is 2.56. The van der Waals surface area contributed by atoms with Crippen LogP contribution in [0.1, 0.15) is 21.9 Å². The van der Waals surface area contributed by atoms with Crippen LogP contribution in [-0.4, -0.2) is 34.6 Å². The number of anilines is 2. The van der Waals surface area contributed by atoms with Crippen LogP contribution >= 0.6 is 23.1 Å². The number of nitrogens with one attached hydrogen (secondary N) is 2. The fourth-order valence-electron chi connectivity index (χ4n) is 5.84. The van der Waals surface area contributed by atoms with E-state index in [9.17, 15) is 32.3 Å². The first kappa shape index (κ1) is 29.8. The van der Waals surface area contributed by atoms with E-state index in [1.807, 2.05) is 36.4 Å². The Bertz CT molecular complexity index is 2080. The van der Waals surface area contributed by atoms with Crippen molar-refractivity contribution in [1.82, 2.24) is 4.98 Å². The number of thiazole rings is 1. The van der Waals surface area contributed by atoms with Gasteiger partial charge in [-0.3, -0.25) is 19.2 Å². The Balaban J connectivity index is 1.11. The fraction of sp³-hybridized carbons (Fsp3) is 0.152. The predicted molar refractivity (Wildman–Crippen MR) is 168 cm³/mol. The van der Waals surface area contributed by atoms with Crippen LogP contribution in [-0.2, 0) is 20.6 Å². The molecule has 3 amide bonds. The second kappa shape index (κ2) is 11.5. The van der Waals surface area contributed by atoms with Gasteiger partial charge in [-0.05, 0) is 58.8 Å². The van der Waals surface area contributed by atoms with E-state index in [-0.39, 0.29) is 23.1 Å². The summed E-state index contributed by atoms with van der Waals surface area (Å²) in [5, 5.41) is 4.32. The molecule has 0 saturated carbocycles. The molecule has 1 aromatic heterocycles. The van der Waals surface area contributed by atoms with E-state index in [0.29, 0.717) is 26.9 Å². The number of rotatable bonds is 6. The van der Waals surface area contributed by atoms with Crippen LogP contribution in [0.4, 0.5) is 24.5 Å². The van der Waals surface area contributed by atoms with Crippen molar-refractivity contribution >= 4 is 63.0 Å². The lowest BCUT2D eigenvalue weighted by atomic mass is 9.83. The minimum Gasteiger partial charge on any atom is -0.484 e.